The first-order valence-electron chi connectivity index (χ1n) is 18.9. The predicted molar refractivity (Wildman–Crippen MR) is 226 cm³/mol. The summed E-state index contributed by atoms with van der Waals surface area (Å²) < 4.78 is 6.10. The van der Waals surface area contributed by atoms with Crippen molar-refractivity contribution in [3.63, 3.8) is 0 Å². The van der Waals surface area contributed by atoms with Crippen LogP contribution in [0.15, 0.2) is 205 Å². The summed E-state index contributed by atoms with van der Waals surface area (Å²) in [5.41, 5.74) is 17.1. The minimum absolute atomic E-state index is 0.603. The van der Waals surface area contributed by atoms with Crippen LogP contribution in [-0.4, -0.2) is 15.0 Å². The summed E-state index contributed by atoms with van der Waals surface area (Å²) in [5, 5.41) is 0. The molecular weight excluding hydrogens is 683 g/mol. The molecule has 0 bridgehead atoms. The van der Waals surface area contributed by atoms with Gasteiger partial charge in [-0.2, -0.15) is 0 Å². The first kappa shape index (κ1) is 32.0. The second-order valence-electron chi connectivity index (χ2n) is 14.3. The SMILES string of the molecule is c1ccc(-c2nc3ccccc3nc2-c2ccc3c(c2)C(c2ccccc2)(c2ccccc2)c2cc(-c4ccc(-c5nc6ccccc6o5)cc4)ccc2-3)cc1. The van der Waals surface area contributed by atoms with Crippen molar-refractivity contribution < 1.29 is 4.42 Å². The van der Waals surface area contributed by atoms with Crippen LogP contribution in [0.4, 0.5) is 0 Å². The maximum atomic E-state index is 6.10. The molecule has 262 valence electrons. The van der Waals surface area contributed by atoms with Gasteiger partial charge in [-0.15, -0.1) is 0 Å². The zero-order chi connectivity index (χ0) is 37.1. The standard InChI is InChI=1S/C52H33N3O/c1-4-14-35(15-5-1)49-50(54-46-21-11-10-20-45(46)53-49)38-29-31-42-41-30-28-37(34-24-26-36(27-25-34)51-55-47-22-12-13-23-48(47)56-51)32-43(41)52(44(42)33-38,39-16-6-2-7-17-39)40-18-8-3-9-19-40/h1-33H. The topological polar surface area (TPSA) is 51.8 Å². The average molecular weight is 716 g/mol. The van der Waals surface area contributed by atoms with Gasteiger partial charge in [-0.05, 0) is 93.0 Å². The Balaban J connectivity index is 1.12. The van der Waals surface area contributed by atoms with Crippen LogP contribution < -0.4 is 0 Å². The van der Waals surface area contributed by atoms with Crippen molar-refractivity contribution >= 4 is 22.1 Å². The van der Waals surface area contributed by atoms with E-state index >= 15 is 0 Å². The fourth-order valence-corrected chi connectivity index (χ4v) is 8.62. The van der Waals surface area contributed by atoms with Crippen LogP contribution in [-0.2, 0) is 5.41 Å². The highest BCUT2D eigenvalue weighted by Gasteiger charge is 2.46. The van der Waals surface area contributed by atoms with E-state index in [1.54, 1.807) is 0 Å². The summed E-state index contributed by atoms with van der Waals surface area (Å²) in [4.78, 5) is 15.3. The Morgan fingerprint density at radius 2 is 0.804 bits per heavy atom. The quantitative estimate of drug-likeness (QED) is 0.172. The molecule has 0 unspecified atom stereocenters. The van der Waals surface area contributed by atoms with Crippen molar-refractivity contribution in [2.45, 2.75) is 5.41 Å². The normalized spacial score (nSPS) is 12.8. The average Bonchev–Trinajstić information content (AvgIpc) is 3.84. The molecule has 0 saturated carbocycles. The summed E-state index contributed by atoms with van der Waals surface area (Å²) in [6.45, 7) is 0. The Morgan fingerprint density at radius 3 is 1.41 bits per heavy atom. The second-order valence-corrected chi connectivity index (χ2v) is 14.3. The Kier molecular flexibility index (Phi) is 7.36. The van der Waals surface area contributed by atoms with Crippen LogP contribution >= 0.6 is 0 Å². The van der Waals surface area contributed by atoms with E-state index in [1.165, 1.54) is 33.4 Å². The summed E-state index contributed by atoms with van der Waals surface area (Å²) >= 11 is 0. The number of hydrogen-bond acceptors (Lipinski definition) is 4. The first-order valence-corrected chi connectivity index (χ1v) is 18.9. The maximum Gasteiger partial charge on any atom is 0.227 e. The summed E-state index contributed by atoms with van der Waals surface area (Å²) in [6, 6.07) is 70.7. The number of nitrogens with zero attached hydrogens (tertiary/aromatic N) is 3. The molecule has 56 heavy (non-hydrogen) atoms. The zero-order valence-electron chi connectivity index (χ0n) is 30.3. The molecule has 0 radical (unpaired) electrons. The van der Waals surface area contributed by atoms with Crippen molar-refractivity contribution in [1.29, 1.82) is 0 Å². The molecule has 2 heterocycles. The smallest absolute Gasteiger partial charge is 0.227 e. The van der Waals surface area contributed by atoms with Crippen LogP contribution in [0.3, 0.4) is 0 Å². The predicted octanol–water partition coefficient (Wildman–Crippen LogP) is 12.8. The monoisotopic (exact) mass is 715 g/mol. The largest absolute Gasteiger partial charge is 0.436 e. The van der Waals surface area contributed by atoms with Crippen LogP contribution in [0.25, 0.3) is 78.4 Å². The minimum atomic E-state index is -0.603. The lowest BCUT2D eigenvalue weighted by Crippen LogP contribution is -2.28. The van der Waals surface area contributed by atoms with E-state index in [9.17, 15) is 0 Å². The fraction of sp³-hybridized carbons (Fsp3) is 0.0192. The summed E-state index contributed by atoms with van der Waals surface area (Å²) in [6.07, 6.45) is 0. The van der Waals surface area contributed by atoms with Gasteiger partial charge in [-0.3, -0.25) is 0 Å². The molecule has 4 heteroatoms. The number of benzene rings is 8. The van der Waals surface area contributed by atoms with Gasteiger partial charge in [0.05, 0.1) is 27.8 Å². The Bertz CT molecular complexity index is 2990. The molecule has 2 aromatic heterocycles. The number of aromatic nitrogens is 3. The van der Waals surface area contributed by atoms with Gasteiger partial charge in [0.15, 0.2) is 5.58 Å². The zero-order valence-corrected chi connectivity index (χ0v) is 30.3. The molecular formula is C52H33N3O. The maximum absolute atomic E-state index is 6.10. The van der Waals surface area contributed by atoms with Crippen molar-refractivity contribution in [3.05, 3.63) is 222 Å². The molecule has 0 atom stereocenters. The van der Waals surface area contributed by atoms with E-state index in [0.717, 1.165) is 61.3 Å². The summed E-state index contributed by atoms with van der Waals surface area (Å²) in [7, 11) is 0. The third kappa shape index (κ3) is 5.04. The Labute approximate surface area is 324 Å². The van der Waals surface area contributed by atoms with E-state index in [1.807, 2.05) is 54.6 Å². The van der Waals surface area contributed by atoms with Gasteiger partial charge < -0.3 is 4.42 Å². The van der Waals surface area contributed by atoms with Crippen LogP contribution in [0, 0.1) is 0 Å². The second kappa shape index (κ2) is 12.9. The number of oxazole rings is 1. The molecule has 10 aromatic rings. The van der Waals surface area contributed by atoms with Gasteiger partial charge in [0.25, 0.3) is 0 Å². The van der Waals surface area contributed by atoms with Crippen molar-refractivity contribution in [2.75, 3.05) is 0 Å². The molecule has 11 rings (SSSR count). The molecule has 0 fully saturated rings. The lowest BCUT2D eigenvalue weighted by Gasteiger charge is -2.34. The van der Waals surface area contributed by atoms with Gasteiger partial charge in [-0.1, -0.05) is 152 Å². The van der Waals surface area contributed by atoms with Crippen molar-refractivity contribution in [1.82, 2.24) is 15.0 Å². The van der Waals surface area contributed by atoms with Gasteiger partial charge >= 0.3 is 0 Å². The molecule has 4 nitrogen and oxygen atoms in total. The lowest BCUT2D eigenvalue weighted by atomic mass is 9.67. The lowest BCUT2D eigenvalue weighted by molar-refractivity contribution is 0.620. The highest BCUT2D eigenvalue weighted by molar-refractivity contribution is 5.92. The molecule has 0 spiro atoms. The summed E-state index contributed by atoms with van der Waals surface area (Å²) in [5.74, 6) is 0.622. The molecule has 0 aliphatic heterocycles. The van der Waals surface area contributed by atoms with Gasteiger partial charge in [0, 0.05) is 16.7 Å². The fourth-order valence-electron chi connectivity index (χ4n) is 8.62. The molecule has 0 amide bonds. The molecule has 0 saturated heterocycles. The first-order chi connectivity index (χ1) is 27.7. The van der Waals surface area contributed by atoms with Gasteiger partial charge in [0.1, 0.15) is 5.52 Å². The van der Waals surface area contributed by atoms with Crippen molar-refractivity contribution in [3.8, 4) is 56.2 Å². The molecule has 0 N–H and O–H groups in total. The third-order valence-corrected chi connectivity index (χ3v) is 11.2. The van der Waals surface area contributed by atoms with Crippen LogP contribution in [0.2, 0.25) is 0 Å². The van der Waals surface area contributed by atoms with E-state index in [-0.39, 0.29) is 0 Å². The van der Waals surface area contributed by atoms with Crippen LogP contribution in [0.5, 0.6) is 0 Å². The molecule has 8 aromatic carbocycles. The highest BCUT2D eigenvalue weighted by Crippen LogP contribution is 2.57. The number of fused-ring (bicyclic) bond motifs is 5. The Morgan fingerprint density at radius 1 is 0.339 bits per heavy atom. The van der Waals surface area contributed by atoms with E-state index in [4.69, 9.17) is 19.4 Å². The van der Waals surface area contributed by atoms with Gasteiger partial charge in [-0.25, -0.2) is 15.0 Å². The van der Waals surface area contributed by atoms with Crippen molar-refractivity contribution in [2.24, 2.45) is 0 Å². The molecule has 1 aliphatic rings. The van der Waals surface area contributed by atoms with Gasteiger partial charge in [0.2, 0.25) is 5.89 Å². The highest BCUT2D eigenvalue weighted by atomic mass is 16.3. The molecule has 1 aliphatic carbocycles. The number of para-hydroxylation sites is 4. The van der Waals surface area contributed by atoms with Crippen LogP contribution in [0.1, 0.15) is 22.3 Å². The minimum Gasteiger partial charge on any atom is -0.436 e. The van der Waals surface area contributed by atoms with E-state index in [0.29, 0.717) is 5.89 Å². The number of rotatable bonds is 6. The Hall–Kier alpha value is -7.43. The van der Waals surface area contributed by atoms with E-state index in [2.05, 4.69) is 146 Å². The number of hydrogen-bond donors (Lipinski definition) is 0. The third-order valence-electron chi connectivity index (χ3n) is 11.2. The van der Waals surface area contributed by atoms with E-state index < -0.39 is 5.41 Å².